The van der Waals surface area contributed by atoms with Crippen LogP contribution in [-0.2, 0) is 23.8 Å². The van der Waals surface area contributed by atoms with Crippen LogP contribution in [0.2, 0.25) is 0 Å². The van der Waals surface area contributed by atoms with E-state index in [2.05, 4.69) is 69.4 Å². The fourth-order valence-corrected chi connectivity index (χ4v) is 7.50. The van der Waals surface area contributed by atoms with E-state index in [1.807, 2.05) is 0 Å². The van der Waals surface area contributed by atoms with Crippen molar-refractivity contribution in [2.24, 2.45) is 0 Å². The first-order chi connectivity index (χ1) is 29.6. The standard InChI is InChI=1S/C55H100O5/c1-4-7-10-13-16-19-22-25-27-29-32-35-38-41-44-47-50-58-51-53(52-59-54(56)48-45-42-39-36-33-30-24-21-18-15-12-9-6-3)60-55(57)49-46-43-40-37-34-31-28-26-23-20-17-14-11-8-5-2/h8,11,17,20,26,28,34,37,53H,4-7,9-10,12-16,18-19,21-25,27,29-33,35-36,38-52H2,1-3H3/b11-8-,20-17-,28-26-,37-34-/t53-/m1/s1. The molecule has 0 aliphatic carbocycles. The van der Waals surface area contributed by atoms with Gasteiger partial charge in [0.15, 0.2) is 6.10 Å². The zero-order valence-electron chi connectivity index (χ0n) is 40.2. The van der Waals surface area contributed by atoms with E-state index in [1.54, 1.807) is 0 Å². The quantitative estimate of drug-likeness (QED) is 0.0347. The summed E-state index contributed by atoms with van der Waals surface area (Å²) in [5, 5.41) is 0. The molecule has 0 bridgehead atoms. The maximum absolute atomic E-state index is 12.8. The number of esters is 2. The molecule has 5 nitrogen and oxygen atoms in total. The third-order valence-corrected chi connectivity index (χ3v) is 11.4. The predicted octanol–water partition coefficient (Wildman–Crippen LogP) is 17.6. The minimum absolute atomic E-state index is 0.0733. The van der Waals surface area contributed by atoms with Gasteiger partial charge < -0.3 is 14.2 Å². The average Bonchev–Trinajstić information content (AvgIpc) is 3.25. The average molecular weight is 841 g/mol. The van der Waals surface area contributed by atoms with Crippen LogP contribution in [0.15, 0.2) is 48.6 Å². The zero-order valence-corrected chi connectivity index (χ0v) is 40.2. The summed E-state index contributed by atoms with van der Waals surface area (Å²) in [5.74, 6) is -0.432. The van der Waals surface area contributed by atoms with Crippen LogP contribution in [0.1, 0.15) is 265 Å². The molecule has 0 heterocycles. The number of hydrogen-bond donors (Lipinski definition) is 0. The van der Waals surface area contributed by atoms with E-state index in [0.717, 1.165) is 70.6 Å². The number of hydrogen-bond acceptors (Lipinski definition) is 5. The van der Waals surface area contributed by atoms with Crippen LogP contribution in [0, 0.1) is 0 Å². The van der Waals surface area contributed by atoms with Crippen LogP contribution in [0.3, 0.4) is 0 Å². The van der Waals surface area contributed by atoms with Crippen LogP contribution in [-0.4, -0.2) is 37.9 Å². The Bertz CT molecular complexity index is 997. The van der Waals surface area contributed by atoms with Crippen molar-refractivity contribution in [3.63, 3.8) is 0 Å². The van der Waals surface area contributed by atoms with Gasteiger partial charge in [0.2, 0.25) is 0 Å². The van der Waals surface area contributed by atoms with Crippen molar-refractivity contribution in [3.05, 3.63) is 48.6 Å². The van der Waals surface area contributed by atoms with E-state index in [4.69, 9.17) is 14.2 Å². The molecule has 0 saturated heterocycles. The van der Waals surface area contributed by atoms with Crippen LogP contribution in [0.4, 0.5) is 0 Å². The summed E-state index contributed by atoms with van der Waals surface area (Å²) in [6.45, 7) is 7.71. The fraction of sp³-hybridized carbons (Fsp3) is 0.818. The first-order valence-corrected chi connectivity index (χ1v) is 26.2. The molecule has 60 heavy (non-hydrogen) atoms. The second-order valence-corrected chi connectivity index (χ2v) is 17.4. The molecule has 0 aliphatic heterocycles. The first-order valence-electron chi connectivity index (χ1n) is 26.2. The Morgan fingerprint density at radius 1 is 0.383 bits per heavy atom. The summed E-state index contributed by atoms with van der Waals surface area (Å²) in [5.41, 5.74) is 0. The highest BCUT2D eigenvalue weighted by Gasteiger charge is 2.17. The lowest BCUT2D eigenvalue weighted by atomic mass is 10.0. The number of ether oxygens (including phenoxy) is 3. The van der Waals surface area contributed by atoms with Gasteiger partial charge in [-0.1, -0.05) is 243 Å². The molecular weight excluding hydrogens is 741 g/mol. The molecule has 0 N–H and O–H groups in total. The maximum Gasteiger partial charge on any atom is 0.306 e. The fourth-order valence-electron chi connectivity index (χ4n) is 7.50. The van der Waals surface area contributed by atoms with Crippen molar-refractivity contribution in [2.75, 3.05) is 19.8 Å². The monoisotopic (exact) mass is 841 g/mol. The largest absolute Gasteiger partial charge is 0.462 e. The molecule has 5 heteroatoms. The maximum atomic E-state index is 12.8. The highest BCUT2D eigenvalue weighted by Crippen LogP contribution is 2.16. The SMILES string of the molecule is CC/C=C\C/C=C\C/C=C\C/C=C\CCCCC(=O)O[C@H](COCCCCCCCCCCCCCCCCCC)COC(=O)CCCCCCCCCCCCCCC. The normalized spacial score (nSPS) is 12.5. The molecule has 0 spiro atoms. The van der Waals surface area contributed by atoms with Gasteiger partial charge in [0.25, 0.3) is 0 Å². The lowest BCUT2D eigenvalue weighted by Gasteiger charge is -2.18. The molecular formula is C55H100O5. The molecule has 0 aromatic carbocycles. The second kappa shape index (κ2) is 51.2. The molecule has 1 atom stereocenters. The summed E-state index contributed by atoms with van der Waals surface area (Å²) < 4.78 is 17.4. The highest BCUT2D eigenvalue weighted by molar-refractivity contribution is 5.70. The van der Waals surface area contributed by atoms with E-state index in [9.17, 15) is 9.59 Å². The Balaban J connectivity index is 4.29. The molecule has 0 aliphatic rings. The number of carbonyl (C=O) groups excluding carboxylic acids is 2. The first kappa shape index (κ1) is 57.9. The van der Waals surface area contributed by atoms with Crippen LogP contribution >= 0.6 is 0 Å². The minimum atomic E-state index is -0.552. The van der Waals surface area contributed by atoms with Gasteiger partial charge in [-0.25, -0.2) is 0 Å². The molecule has 0 radical (unpaired) electrons. The summed E-state index contributed by atoms with van der Waals surface area (Å²) in [7, 11) is 0. The lowest BCUT2D eigenvalue weighted by Crippen LogP contribution is -2.30. The number of rotatable bonds is 48. The van der Waals surface area contributed by atoms with Crippen LogP contribution in [0.25, 0.3) is 0 Å². The summed E-state index contributed by atoms with van der Waals surface area (Å²) >= 11 is 0. The Hall–Kier alpha value is -2.14. The van der Waals surface area contributed by atoms with Crippen LogP contribution in [0.5, 0.6) is 0 Å². The zero-order chi connectivity index (χ0) is 43.5. The van der Waals surface area contributed by atoms with Crippen LogP contribution < -0.4 is 0 Å². The van der Waals surface area contributed by atoms with Gasteiger partial charge in [-0.15, -0.1) is 0 Å². The molecule has 350 valence electrons. The minimum Gasteiger partial charge on any atom is -0.462 e. The van der Waals surface area contributed by atoms with Crippen molar-refractivity contribution in [1.29, 1.82) is 0 Å². The second-order valence-electron chi connectivity index (χ2n) is 17.4. The van der Waals surface area contributed by atoms with E-state index >= 15 is 0 Å². The number of unbranched alkanes of at least 4 members (excludes halogenated alkanes) is 29. The highest BCUT2D eigenvalue weighted by atomic mass is 16.6. The van der Waals surface area contributed by atoms with Gasteiger partial charge in [-0.2, -0.15) is 0 Å². The Morgan fingerprint density at radius 2 is 0.750 bits per heavy atom. The van der Waals surface area contributed by atoms with Gasteiger partial charge in [-0.05, 0) is 57.8 Å². The predicted molar refractivity (Wildman–Crippen MR) is 261 cm³/mol. The summed E-state index contributed by atoms with van der Waals surface area (Å²) in [6.07, 6.45) is 62.6. The lowest BCUT2D eigenvalue weighted by molar-refractivity contribution is -0.163. The molecule has 0 amide bonds. The van der Waals surface area contributed by atoms with Gasteiger partial charge >= 0.3 is 11.9 Å². The molecule has 0 saturated carbocycles. The van der Waals surface area contributed by atoms with E-state index in [-0.39, 0.29) is 25.2 Å². The van der Waals surface area contributed by atoms with Gasteiger partial charge in [0.1, 0.15) is 6.61 Å². The van der Waals surface area contributed by atoms with Crippen molar-refractivity contribution < 1.29 is 23.8 Å². The van der Waals surface area contributed by atoms with Crippen molar-refractivity contribution in [3.8, 4) is 0 Å². The van der Waals surface area contributed by atoms with Gasteiger partial charge in [0.05, 0.1) is 6.61 Å². The molecule has 0 unspecified atom stereocenters. The Morgan fingerprint density at radius 3 is 1.20 bits per heavy atom. The molecule has 0 aromatic rings. The third kappa shape index (κ3) is 48.5. The van der Waals surface area contributed by atoms with Gasteiger partial charge in [-0.3, -0.25) is 9.59 Å². The van der Waals surface area contributed by atoms with E-state index in [1.165, 1.54) is 161 Å². The molecule has 0 fully saturated rings. The van der Waals surface area contributed by atoms with Gasteiger partial charge in [0, 0.05) is 19.4 Å². The van der Waals surface area contributed by atoms with Crippen molar-refractivity contribution in [2.45, 2.75) is 271 Å². The number of allylic oxidation sites excluding steroid dienone is 8. The van der Waals surface area contributed by atoms with E-state index in [0.29, 0.717) is 19.4 Å². The van der Waals surface area contributed by atoms with Crippen molar-refractivity contribution in [1.82, 2.24) is 0 Å². The summed E-state index contributed by atoms with van der Waals surface area (Å²) in [4.78, 5) is 25.4. The van der Waals surface area contributed by atoms with Crippen molar-refractivity contribution >= 4 is 11.9 Å². The third-order valence-electron chi connectivity index (χ3n) is 11.4. The van der Waals surface area contributed by atoms with E-state index < -0.39 is 6.10 Å². The topological polar surface area (TPSA) is 61.8 Å². The Kier molecular flexibility index (Phi) is 49.4. The molecule has 0 rings (SSSR count). The smallest absolute Gasteiger partial charge is 0.306 e. The molecule has 0 aromatic heterocycles. The Labute approximate surface area is 373 Å². The number of carbonyl (C=O) groups is 2. The summed E-state index contributed by atoms with van der Waals surface area (Å²) in [6, 6.07) is 0.